The lowest BCUT2D eigenvalue weighted by Gasteiger charge is -2.08. The van der Waals surface area contributed by atoms with Crippen LogP contribution in [0.1, 0.15) is 10.4 Å². The van der Waals surface area contributed by atoms with Gasteiger partial charge in [-0.2, -0.15) is 0 Å². The summed E-state index contributed by atoms with van der Waals surface area (Å²) in [5, 5.41) is 0.0190. The molecule has 2 aromatic carbocycles. The first-order valence-electron chi connectivity index (χ1n) is 4.98. The molecule has 0 bridgehead atoms. The van der Waals surface area contributed by atoms with Gasteiger partial charge in [0.2, 0.25) is 0 Å². The number of benzene rings is 2. The molecule has 0 unspecified atom stereocenters. The lowest BCUT2D eigenvalue weighted by atomic mass is 10.2. The molecule has 0 saturated carbocycles. The van der Waals surface area contributed by atoms with E-state index in [1.807, 2.05) is 0 Å². The maximum atomic E-state index is 13.3. The summed E-state index contributed by atoms with van der Waals surface area (Å²) < 4.78 is 19.3. The van der Waals surface area contributed by atoms with Crippen molar-refractivity contribution in [2.45, 2.75) is 0 Å². The quantitative estimate of drug-likeness (QED) is 0.594. The number of hydrogen-bond donors (Lipinski definition) is 0. The van der Waals surface area contributed by atoms with Crippen LogP contribution in [-0.4, -0.2) is 6.29 Å². The molecule has 92 valence electrons. The Morgan fingerprint density at radius 1 is 1.22 bits per heavy atom. The van der Waals surface area contributed by atoms with E-state index >= 15 is 0 Å². The SMILES string of the molecule is O=Cc1ccc(Oc2cc(F)c(Cl)cc2Br)cc1. The molecule has 18 heavy (non-hydrogen) atoms. The highest BCUT2D eigenvalue weighted by molar-refractivity contribution is 9.10. The first-order chi connectivity index (χ1) is 8.60. The number of carbonyl (C=O) groups excluding carboxylic acids is 1. The van der Waals surface area contributed by atoms with Gasteiger partial charge in [0.1, 0.15) is 23.6 Å². The fourth-order valence-corrected chi connectivity index (χ4v) is 2.04. The van der Waals surface area contributed by atoms with E-state index in [4.69, 9.17) is 16.3 Å². The third-order valence-corrected chi connectivity index (χ3v) is 3.13. The Bertz CT molecular complexity index is 584. The molecular weight excluding hydrogens is 322 g/mol. The molecule has 0 aliphatic heterocycles. The second-order valence-electron chi connectivity index (χ2n) is 3.49. The molecule has 2 rings (SSSR count). The van der Waals surface area contributed by atoms with Gasteiger partial charge in [-0.25, -0.2) is 4.39 Å². The monoisotopic (exact) mass is 328 g/mol. The molecule has 0 radical (unpaired) electrons. The zero-order valence-electron chi connectivity index (χ0n) is 8.99. The fourth-order valence-electron chi connectivity index (χ4n) is 1.32. The zero-order chi connectivity index (χ0) is 13.1. The molecule has 0 heterocycles. The average Bonchev–Trinajstić information content (AvgIpc) is 2.37. The molecular formula is C13H7BrClFO2. The van der Waals surface area contributed by atoms with Crippen LogP contribution in [-0.2, 0) is 0 Å². The van der Waals surface area contributed by atoms with Crippen LogP contribution in [0.5, 0.6) is 11.5 Å². The molecule has 0 saturated heterocycles. The van der Waals surface area contributed by atoms with Gasteiger partial charge in [-0.3, -0.25) is 4.79 Å². The summed E-state index contributed by atoms with van der Waals surface area (Å²) >= 11 is 8.86. The summed E-state index contributed by atoms with van der Waals surface area (Å²) in [5.41, 5.74) is 0.545. The Morgan fingerprint density at radius 3 is 2.50 bits per heavy atom. The summed E-state index contributed by atoms with van der Waals surface area (Å²) in [6, 6.07) is 9.10. The first kappa shape index (κ1) is 13.1. The summed E-state index contributed by atoms with van der Waals surface area (Å²) in [5.74, 6) is 0.262. The molecule has 0 amide bonds. The molecule has 0 aromatic heterocycles. The van der Waals surface area contributed by atoms with Crippen LogP contribution in [0.4, 0.5) is 4.39 Å². The highest BCUT2D eigenvalue weighted by Crippen LogP contribution is 2.33. The Hall–Kier alpha value is -1.39. The van der Waals surface area contributed by atoms with Crippen molar-refractivity contribution in [3.8, 4) is 11.5 Å². The normalized spacial score (nSPS) is 10.2. The molecule has 2 aromatic rings. The van der Waals surface area contributed by atoms with Gasteiger partial charge in [0, 0.05) is 11.6 Å². The maximum absolute atomic E-state index is 13.3. The first-order valence-corrected chi connectivity index (χ1v) is 6.15. The summed E-state index contributed by atoms with van der Waals surface area (Å²) in [6.45, 7) is 0. The van der Waals surface area contributed by atoms with E-state index in [-0.39, 0.29) is 5.02 Å². The van der Waals surface area contributed by atoms with Gasteiger partial charge in [-0.15, -0.1) is 0 Å². The van der Waals surface area contributed by atoms with Gasteiger partial charge in [0.05, 0.1) is 9.50 Å². The van der Waals surface area contributed by atoms with Gasteiger partial charge in [0.25, 0.3) is 0 Å². The summed E-state index contributed by atoms with van der Waals surface area (Å²) in [7, 11) is 0. The molecule has 0 spiro atoms. The molecule has 0 aliphatic rings. The third-order valence-electron chi connectivity index (χ3n) is 2.22. The van der Waals surface area contributed by atoms with Crippen molar-refractivity contribution in [3.05, 3.63) is 57.3 Å². The van der Waals surface area contributed by atoms with Crippen LogP contribution >= 0.6 is 27.5 Å². The van der Waals surface area contributed by atoms with Crippen molar-refractivity contribution in [2.24, 2.45) is 0 Å². The fraction of sp³-hybridized carbons (Fsp3) is 0. The van der Waals surface area contributed by atoms with Crippen LogP contribution in [0.15, 0.2) is 40.9 Å². The Balaban J connectivity index is 2.27. The highest BCUT2D eigenvalue weighted by Gasteiger charge is 2.08. The molecule has 0 fully saturated rings. The highest BCUT2D eigenvalue weighted by atomic mass is 79.9. The van der Waals surface area contributed by atoms with Gasteiger partial charge < -0.3 is 4.74 Å². The lowest BCUT2D eigenvalue weighted by molar-refractivity contribution is 0.112. The Morgan fingerprint density at radius 2 is 1.89 bits per heavy atom. The van der Waals surface area contributed by atoms with Crippen LogP contribution in [0, 0.1) is 5.82 Å². The number of halogens is 3. The average molecular weight is 330 g/mol. The minimum absolute atomic E-state index is 0.0190. The molecule has 2 nitrogen and oxygen atoms in total. The standard InChI is InChI=1S/C13H7BrClFO2/c14-10-5-11(15)12(16)6-13(10)18-9-3-1-8(7-17)2-4-9/h1-7H. The molecule has 0 aliphatic carbocycles. The number of hydrogen-bond acceptors (Lipinski definition) is 2. The van der Waals surface area contributed by atoms with Gasteiger partial charge in [-0.05, 0) is 46.3 Å². The topological polar surface area (TPSA) is 26.3 Å². The van der Waals surface area contributed by atoms with E-state index in [1.165, 1.54) is 12.1 Å². The summed E-state index contributed by atoms with van der Waals surface area (Å²) in [4.78, 5) is 10.5. The van der Waals surface area contributed by atoms with Crippen LogP contribution in [0.2, 0.25) is 5.02 Å². The van der Waals surface area contributed by atoms with Crippen LogP contribution < -0.4 is 4.74 Å². The van der Waals surface area contributed by atoms with Crippen LogP contribution in [0.25, 0.3) is 0 Å². The van der Waals surface area contributed by atoms with E-state index in [9.17, 15) is 9.18 Å². The van der Waals surface area contributed by atoms with Crippen molar-refractivity contribution in [3.63, 3.8) is 0 Å². The molecule has 5 heteroatoms. The number of aldehydes is 1. The Labute approximate surface area is 116 Å². The third kappa shape index (κ3) is 2.89. The van der Waals surface area contributed by atoms with E-state index in [0.717, 1.165) is 6.29 Å². The maximum Gasteiger partial charge on any atom is 0.150 e. The van der Waals surface area contributed by atoms with Gasteiger partial charge >= 0.3 is 0 Å². The van der Waals surface area contributed by atoms with Gasteiger partial charge in [-0.1, -0.05) is 11.6 Å². The minimum Gasteiger partial charge on any atom is -0.456 e. The van der Waals surface area contributed by atoms with Crippen molar-refractivity contribution in [1.29, 1.82) is 0 Å². The molecule has 0 N–H and O–H groups in total. The second-order valence-corrected chi connectivity index (χ2v) is 4.75. The molecule has 0 atom stereocenters. The van der Waals surface area contributed by atoms with Gasteiger partial charge in [0.15, 0.2) is 0 Å². The lowest BCUT2D eigenvalue weighted by Crippen LogP contribution is -1.88. The zero-order valence-corrected chi connectivity index (χ0v) is 11.3. The second kappa shape index (κ2) is 5.50. The van der Waals surface area contributed by atoms with E-state index in [0.29, 0.717) is 21.5 Å². The summed E-state index contributed by atoms with van der Waals surface area (Å²) in [6.07, 6.45) is 0.738. The number of rotatable bonds is 3. The van der Waals surface area contributed by atoms with E-state index in [1.54, 1.807) is 24.3 Å². The van der Waals surface area contributed by atoms with E-state index < -0.39 is 5.82 Å². The smallest absolute Gasteiger partial charge is 0.150 e. The number of ether oxygens (including phenoxy) is 1. The Kier molecular flexibility index (Phi) is 3.99. The van der Waals surface area contributed by atoms with Crippen molar-refractivity contribution in [2.75, 3.05) is 0 Å². The van der Waals surface area contributed by atoms with Crippen molar-refractivity contribution < 1.29 is 13.9 Å². The number of carbonyl (C=O) groups is 1. The minimum atomic E-state index is -0.556. The predicted octanol–water partition coefficient (Wildman–Crippen LogP) is 4.85. The van der Waals surface area contributed by atoms with Crippen molar-refractivity contribution >= 4 is 33.8 Å². The van der Waals surface area contributed by atoms with Crippen molar-refractivity contribution in [1.82, 2.24) is 0 Å². The van der Waals surface area contributed by atoms with E-state index in [2.05, 4.69) is 15.9 Å². The largest absolute Gasteiger partial charge is 0.456 e. The van der Waals surface area contributed by atoms with Crippen LogP contribution in [0.3, 0.4) is 0 Å². The predicted molar refractivity (Wildman–Crippen MR) is 71.0 cm³/mol.